The van der Waals surface area contributed by atoms with E-state index in [-0.39, 0.29) is 29.9 Å². The maximum absolute atomic E-state index is 12.5. The Balaban J connectivity index is 1.11. The number of nitrogens with zero attached hydrogens (tertiary/aromatic N) is 9. The maximum atomic E-state index is 12.5. The summed E-state index contributed by atoms with van der Waals surface area (Å²) in [4.78, 5) is 30.0. The molecule has 1 unspecified atom stereocenters. The molecule has 0 spiro atoms. The summed E-state index contributed by atoms with van der Waals surface area (Å²) in [6.45, 7) is 4.39. The number of anilines is 3. The molecule has 4 aromatic heterocycles. The van der Waals surface area contributed by atoms with Crippen molar-refractivity contribution in [2.45, 2.75) is 19.4 Å². The number of benzene rings is 1. The summed E-state index contributed by atoms with van der Waals surface area (Å²) < 4.78 is 1.54. The van der Waals surface area contributed by atoms with Crippen LogP contribution in [0.3, 0.4) is 0 Å². The number of aromatic hydroxyl groups is 1. The zero-order valence-corrected chi connectivity index (χ0v) is 23.4. The Labute approximate surface area is 247 Å². The highest BCUT2D eigenvalue weighted by atomic mass is 16.3. The number of aromatic nitrogens is 7. The van der Waals surface area contributed by atoms with Gasteiger partial charge in [0, 0.05) is 55.9 Å². The highest BCUT2D eigenvalue weighted by Crippen LogP contribution is 2.32. The quantitative estimate of drug-likeness (QED) is 0.263. The first-order valence-corrected chi connectivity index (χ1v) is 13.8. The number of nitrogens with two attached hydrogens (primary N) is 1. The minimum absolute atomic E-state index is 0.118. The number of hydrogen-bond donors (Lipinski definition) is 3. The van der Waals surface area contributed by atoms with Crippen LogP contribution in [0.2, 0.25) is 0 Å². The molecule has 5 aromatic rings. The van der Waals surface area contributed by atoms with Crippen molar-refractivity contribution in [1.82, 2.24) is 40.1 Å². The smallest absolute Gasteiger partial charge is 0.272 e. The summed E-state index contributed by atoms with van der Waals surface area (Å²) in [5, 5.41) is 25.6. The zero-order chi connectivity index (χ0) is 29.8. The van der Waals surface area contributed by atoms with Crippen LogP contribution in [-0.4, -0.2) is 78.0 Å². The Morgan fingerprint density at radius 3 is 2.84 bits per heavy atom. The third-order valence-electron chi connectivity index (χ3n) is 7.22. The van der Waals surface area contributed by atoms with Gasteiger partial charge in [0.15, 0.2) is 17.2 Å². The van der Waals surface area contributed by atoms with Gasteiger partial charge in [-0.25, -0.2) is 19.5 Å². The van der Waals surface area contributed by atoms with Gasteiger partial charge in [-0.1, -0.05) is 18.1 Å². The summed E-state index contributed by atoms with van der Waals surface area (Å²) >= 11 is 0. The zero-order valence-electron chi connectivity index (χ0n) is 23.4. The van der Waals surface area contributed by atoms with E-state index in [1.807, 2.05) is 18.2 Å². The van der Waals surface area contributed by atoms with E-state index < -0.39 is 0 Å². The summed E-state index contributed by atoms with van der Waals surface area (Å²) in [6, 6.07) is 14.3. The SMILES string of the molecule is CC1CCN(c2cc(-c3ccccc3O)nnc2N)CCN1c1ccnc(C#CCNC(=O)c2cc3ncccn3n2)n1. The van der Waals surface area contributed by atoms with Crippen LogP contribution >= 0.6 is 0 Å². The minimum Gasteiger partial charge on any atom is -0.507 e. The first kappa shape index (κ1) is 27.4. The van der Waals surface area contributed by atoms with Gasteiger partial charge in [-0.3, -0.25) is 4.79 Å². The van der Waals surface area contributed by atoms with Crippen LogP contribution in [0.5, 0.6) is 5.75 Å². The van der Waals surface area contributed by atoms with E-state index >= 15 is 0 Å². The van der Waals surface area contributed by atoms with E-state index in [4.69, 9.17) is 5.73 Å². The van der Waals surface area contributed by atoms with Crippen molar-refractivity contribution in [3.63, 3.8) is 0 Å². The number of para-hydroxylation sites is 1. The second-order valence-corrected chi connectivity index (χ2v) is 10.0. The number of fused-ring (bicyclic) bond motifs is 1. The van der Waals surface area contributed by atoms with Gasteiger partial charge in [0.1, 0.15) is 11.6 Å². The molecule has 13 heteroatoms. The molecule has 216 valence electrons. The lowest BCUT2D eigenvalue weighted by molar-refractivity contribution is 0.0953. The average molecular weight is 576 g/mol. The van der Waals surface area contributed by atoms with E-state index in [2.05, 4.69) is 64.1 Å². The highest BCUT2D eigenvalue weighted by Gasteiger charge is 2.24. The fourth-order valence-electron chi connectivity index (χ4n) is 4.96. The molecule has 1 saturated heterocycles. The molecule has 4 N–H and O–H groups in total. The van der Waals surface area contributed by atoms with Gasteiger partial charge in [0.05, 0.1) is 17.9 Å². The lowest BCUT2D eigenvalue weighted by Gasteiger charge is -2.28. The average Bonchev–Trinajstić information content (AvgIpc) is 3.37. The fraction of sp³-hybridized carbons (Fsp3) is 0.233. The normalized spacial score (nSPS) is 15.0. The summed E-state index contributed by atoms with van der Waals surface area (Å²) in [5.41, 5.74) is 9.04. The molecule has 0 saturated carbocycles. The van der Waals surface area contributed by atoms with Gasteiger partial charge in [0.2, 0.25) is 5.82 Å². The minimum atomic E-state index is -0.338. The van der Waals surface area contributed by atoms with Gasteiger partial charge in [-0.15, -0.1) is 10.2 Å². The van der Waals surface area contributed by atoms with E-state index in [1.165, 1.54) is 0 Å². The molecule has 0 aliphatic carbocycles. The Hall–Kier alpha value is -5.77. The third kappa shape index (κ3) is 5.98. The molecule has 0 bridgehead atoms. The molecule has 13 nitrogen and oxygen atoms in total. The molecule has 1 aliphatic rings. The molecule has 5 heterocycles. The Bertz CT molecular complexity index is 1810. The lowest BCUT2D eigenvalue weighted by Crippen LogP contribution is -2.35. The number of carbonyl (C=O) groups excluding carboxylic acids is 1. The van der Waals surface area contributed by atoms with Gasteiger partial charge >= 0.3 is 0 Å². The summed E-state index contributed by atoms with van der Waals surface area (Å²) in [6.07, 6.45) is 5.91. The topological polar surface area (TPSA) is 164 Å². The molecule has 6 rings (SSSR count). The van der Waals surface area contributed by atoms with Gasteiger partial charge in [-0.05, 0) is 49.6 Å². The highest BCUT2D eigenvalue weighted by molar-refractivity contribution is 5.93. The maximum Gasteiger partial charge on any atom is 0.272 e. The van der Waals surface area contributed by atoms with Crippen LogP contribution in [-0.2, 0) is 0 Å². The van der Waals surface area contributed by atoms with Crippen LogP contribution in [0.15, 0.2) is 67.1 Å². The van der Waals surface area contributed by atoms with Crippen LogP contribution in [0.4, 0.5) is 17.3 Å². The molecule has 43 heavy (non-hydrogen) atoms. The molecular formula is C30H29N11O2. The number of phenols is 1. The van der Waals surface area contributed by atoms with Crippen molar-refractivity contribution in [3.05, 3.63) is 78.6 Å². The predicted molar refractivity (Wildman–Crippen MR) is 161 cm³/mol. The van der Waals surface area contributed by atoms with Crippen LogP contribution in [0.1, 0.15) is 29.7 Å². The van der Waals surface area contributed by atoms with Crippen LogP contribution in [0.25, 0.3) is 16.9 Å². The summed E-state index contributed by atoms with van der Waals surface area (Å²) in [5.74, 6) is 7.13. The van der Waals surface area contributed by atoms with Crippen molar-refractivity contribution < 1.29 is 9.90 Å². The van der Waals surface area contributed by atoms with Gasteiger partial charge in [0.25, 0.3) is 5.91 Å². The summed E-state index contributed by atoms with van der Waals surface area (Å²) in [7, 11) is 0. The van der Waals surface area contributed by atoms with Crippen molar-refractivity contribution in [2.24, 2.45) is 0 Å². The number of rotatable bonds is 5. The van der Waals surface area contributed by atoms with Crippen LogP contribution in [0, 0.1) is 11.8 Å². The van der Waals surface area contributed by atoms with E-state index in [0.29, 0.717) is 41.6 Å². The first-order chi connectivity index (χ1) is 21.0. The standard InChI is InChI=1S/C30H29N11O2/c1-20-10-15-39(24-18-22(36-37-29(24)31)21-6-2-3-7-25(21)42)16-17-40(20)27-9-13-32-26(35-27)8-4-11-34-30(43)23-19-28-33-12-5-14-41(28)38-23/h2-3,5-7,9,12-14,18-20,42H,10-11,15-17H2,1H3,(H2,31,37)(H,34,43). The number of nitrogen functional groups attached to an aromatic ring is 1. The number of carbonyl (C=O) groups is 1. The molecular weight excluding hydrogens is 546 g/mol. The predicted octanol–water partition coefficient (Wildman–Crippen LogP) is 2.15. The molecule has 1 aliphatic heterocycles. The molecule has 1 fully saturated rings. The number of nitrogens with one attached hydrogen (secondary N) is 1. The lowest BCUT2D eigenvalue weighted by atomic mass is 10.1. The van der Waals surface area contributed by atoms with Crippen molar-refractivity contribution in [2.75, 3.05) is 41.7 Å². The number of amides is 1. The Morgan fingerprint density at radius 1 is 1.09 bits per heavy atom. The van der Waals surface area contributed by atoms with E-state index in [0.717, 1.165) is 24.5 Å². The van der Waals surface area contributed by atoms with Gasteiger partial charge in [-0.2, -0.15) is 5.10 Å². The third-order valence-corrected chi connectivity index (χ3v) is 7.22. The second kappa shape index (κ2) is 12.0. The molecule has 0 radical (unpaired) electrons. The van der Waals surface area contributed by atoms with E-state index in [9.17, 15) is 9.90 Å². The molecule has 1 atom stereocenters. The van der Waals surface area contributed by atoms with Crippen molar-refractivity contribution >= 4 is 28.9 Å². The first-order valence-electron chi connectivity index (χ1n) is 13.8. The second-order valence-electron chi connectivity index (χ2n) is 10.0. The molecule has 1 aromatic carbocycles. The van der Waals surface area contributed by atoms with Gasteiger partial charge < -0.3 is 26.0 Å². The van der Waals surface area contributed by atoms with Crippen molar-refractivity contribution in [1.29, 1.82) is 0 Å². The number of phenolic OH excluding ortho intramolecular Hbond substituents is 1. The van der Waals surface area contributed by atoms with Crippen LogP contribution < -0.4 is 20.9 Å². The molecule has 1 amide bonds. The van der Waals surface area contributed by atoms with E-state index in [1.54, 1.807) is 53.4 Å². The van der Waals surface area contributed by atoms with Crippen molar-refractivity contribution in [3.8, 4) is 28.8 Å². The number of hydrogen-bond acceptors (Lipinski definition) is 11. The largest absolute Gasteiger partial charge is 0.507 e. The monoisotopic (exact) mass is 575 g/mol. The fourth-order valence-corrected chi connectivity index (χ4v) is 4.96. The Morgan fingerprint density at radius 2 is 1.98 bits per heavy atom. The Kier molecular flexibility index (Phi) is 7.64.